The molecule has 0 amide bonds. The maximum atomic E-state index is 2.44. The van der Waals surface area contributed by atoms with Crippen LogP contribution in [0.15, 0.2) is 388 Å². The van der Waals surface area contributed by atoms with Crippen molar-refractivity contribution in [1.29, 1.82) is 0 Å². The van der Waals surface area contributed by atoms with Crippen LogP contribution in [0.3, 0.4) is 0 Å². The number of rotatable bonds is 15. The summed E-state index contributed by atoms with van der Waals surface area (Å²) >= 11 is 0. The van der Waals surface area contributed by atoms with Crippen LogP contribution in [0.25, 0.3) is 87.2 Å². The first kappa shape index (κ1) is 57.2. The van der Waals surface area contributed by atoms with Crippen molar-refractivity contribution in [3.05, 3.63) is 388 Å². The van der Waals surface area contributed by atoms with E-state index in [9.17, 15) is 0 Å². The lowest BCUT2D eigenvalue weighted by molar-refractivity contribution is 1.26. The predicted molar refractivity (Wildman–Crippen MR) is 409 cm³/mol. The smallest absolute Gasteiger partial charge is 0.0468 e. The lowest BCUT2D eigenvalue weighted by Crippen LogP contribution is -2.12. The molecular formula is C92H64N4. The molecule has 0 spiro atoms. The van der Waals surface area contributed by atoms with Crippen LogP contribution >= 0.6 is 0 Å². The molecule has 0 saturated carbocycles. The highest BCUT2D eigenvalue weighted by Crippen LogP contribution is 2.50. The summed E-state index contributed by atoms with van der Waals surface area (Å²) in [5.41, 5.74) is 19.8. The molecule has 452 valence electrons. The van der Waals surface area contributed by atoms with E-state index in [1.165, 1.54) is 43.4 Å². The van der Waals surface area contributed by atoms with Gasteiger partial charge in [0.1, 0.15) is 0 Å². The van der Waals surface area contributed by atoms with E-state index in [0.29, 0.717) is 0 Å². The average Bonchev–Trinajstić information content (AvgIpc) is 0.742. The highest BCUT2D eigenvalue weighted by atomic mass is 15.2. The van der Waals surface area contributed by atoms with Gasteiger partial charge < -0.3 is 19.6 Å². The van der Waals surface area contributed by atoms with Crippen LogP contribution in [0, 0.1) is 0 Å². The van der Waals surface area contributed by atoms with Gasteiger partial charge in [-0.15, -0.1) is 0 Å². The van der Waals surface area contributed by atoms with Crippen LogP contribution in [-0.2, 0) is 0 Å². The van der Waals surface area contributed by atoms with Gasteiger partial charge in [-0.2, -0.15) is 0 Å². The molecule has 17 aromatic carbocycles. The van der Waals surface area contributed by atoms with E-state index < -0.39 is 0 Å². The molecule has 96 heavy (non-hydrogen) atoms. The lowest BCUT2D eigenvalue weighted by Gasteiger charge is -2.29. The highest BCUT2D eigenvalue weighted by Gasteiger charge is 2.24. The van der Waals surface area contributed by atoms with Crippen LogP contribution in [-0.4, -0.2) is 0 Å². The number of benzene rings is 17. The molecular weight excluding hydrogens is 1160 g/mol. The van der Waals surface area contributed by atoms with Crippen molar-refractivity contribution in [2.75, 3.05) is 19.6 Å². The largest absolute Gasteiger partial charge is 0.311 e. The molecule has 4 heteroatoms. The maximum absolute atomic E-state index is 2.44. The molecule has 17 aromatic rings. The molecule has 0 unspecified atom stereocenters. The standard InChI is InChI=1S/C92H64N4/c1-8-26-65(27-9-1)91-86-58-55-82(96(76-42-20-7-21-43-76)80-53-49-78(50-54-80)94(73-36-14-4-15-37-73)74-38-16-5-17-39-74)64-90(86)92(70-31-24-30-68(61-70)83-44-25-45-84-85(83)57-46-69-60-66-28-22-23-29-67(66)62-88(69)84)87-59-56-81(63-89(87)91)95(75-40-18-6-19-41-75)79-51-47-77(48-52-79)93(71-32-10-2-11-33-71)72-34-12-3-13-35-72/h1-64H. The summed E-state index contributed by atoms with van der Waals surface area (Å²) in [7, 11) is 0. The fourth-order valence-electron chi connectivity index (χ4n) is 14.3. The lowest BCUT2D eigenvalue weighted by atomic mass is 9.84. The summed E-state index contributed by atoms with van der Waals surface area (Å²) in [5.74, 6) is 0. The second kappa shape index (κ2) is 25.0. The van der Waals surface area contributed by atoms with Gasteiger partial charge in [-0.05, 0) is 251 Å². The van der Waals surface area contributed by atoms with Crippen molar-refractivity contribution in [3.63, 3.8) is 0 Å². The van der Waals surface area contributed by atoms with Gasteiger partial charge in [-0.3, -0.25) is 0 Å². The molecule has 0 saturated heterocycles. The van der Waals surface area contributed by atoms with Crippen LogP contribution in [0.4, 0.5) is 68.2 Å². The van der Waals surface area contributed by atoms with E-state index in [1.807, 2.05) is 0 Å². The number of nitrogens with zero attached hydrogens (tertiary/aromatic N) is 4. The minimum atomic E-state index is 1.04. The Labute approximate surface area is 560 Å². The predicted octanol–water partition coefficient (Wildman–Crippen LogP) is 26.3. The molecule has 0 bridgehead atoms. The van der Waals surface area contributed by atoms with Crippen LogP contribution < -0.4 is 19.6 Å². The number of anilines is 12. The van der Waals surface area contributed by atoms with Gasteiger partial charge in [0.05, 0.1) is 0 Å². The Hall–Kier alpha value is -12.8. The Balaban J connectivity index is 0.881. The highest BCUT2D eigenvalue weighted by molar-refractivity contribution is 6.23. The minimum absolute atomic E-state index is 1.04. The van der Waals surface area contributed by atoms with E-state index in [4.69, 9.17) is 0 Å². The Morgan fingerprint density at radius 2 is 0.448 bits per heavy atom. The third-order valence-corrected chi connectivity index (χ3v) is 18.7. The zero-order chi connectivity index (χ0) is 63.7. The molecule has 0 aliphatic carbocycles. The molecule has 0 N–H and O–H groups in total. The topological polar surface area (TPSA) is 13.0 Å². The Bertz CT molecular complexity index is 5540. The van der Waals surface area contributed by atoms with Gasteiger partial charge in [-0.1, -0.05) is 224 Å². The van der Waals surface area contributed by atoms with Crippen LogP contribution in [0.2, 0.25) is 0 Å². The average molecular weight is 1230 g/mol. The van der Waals surface area contributed by atoms with Crippen molar-refractivity contribution >= 4 is 122 Å². The van der Waals surface area contributed by atoms with Crippen molar-refractivity contribution in [3.8, 4) is 33.4 Å². The van der Waals surface area contributed by atoms with Crippen LogP contribution in [0.5, 0.6) is 0 Å². The molecule has 0 radical (unpaired) electrons. The number of hydrogen-bond acceptors (Lipinski definition) is 4. The SMILES string of the molecule is c1ccc(-c2c3ccc(N(c4ccccc4)c4ccc(N(c5ccccc5)c5ccccc5)cc4)cc3c(-c3cccc(-c4cccc5c4ccc4cc6ccccc6cc45)c3)c3ccc(N(c4ccccc4)c4ccc(N(c5ccccc5)c5ccccc5)cc4)cc23)cc1. The second-order valence-electron chi connectivity index (χ2n) is 24.4. The summed E-state index contributed by atoms with van der Waals surface area (Å²) in [6.45, 7) is 0. The maximum Gasteiger partial charge on any atom is 0.0468 e. The first-order chi connectivity index (χ1) is 47.6. The number of fused-ring (bicyclic) bond motifs is 6. The Morgan fingerprint density at radius 1 is 0.135 bits per heavy atom. The van der Waals surface area contributed by atoms with Crippen LogP contribution in [0.1, 0.15) is 0 Å². The normalized spacial score (nSPS) is 11.3. The zero-order valence-corrected chi connectivity index (χ0v) is 52.7. The summed E-state index contributed by atoms with van der Waals surface area (Å²) in [6, 6.07) is 141. The minimum Gasteiger partial charge on any atom is -0.311 e. The molecule has 17 rings (SSSR count). The quantitative estimate of drug-likeness (QED) is 0.0749. The first-order valence-corrected chi connectivity index (χ1v) is 32.9. The number of para-hydroxylation sites is 6. The Morgan fingerprint density at radius 3 is 0.875 bits per heavy atom. The van der Waals surface area contributed by atoms with E-state index in [-0.39, 0.29) is 0 Å². The third kappa shape index (κ3) is 10.7. The van der Waals surface area contributed by atoms with E-state index in [0.717, 1.165) is 112 Å². The molecule has 0 atom stereocenters. The van der Waals surface area contributed by atoms with Gasteiger partial charge in [0.2, 0.25) is 0 Å². The monoisotopic (exact) mass is 1220 g/mol. The number of hydrogen-bond donors (Lipinski definition) is 0. The summed E-state index contributed by atoms with van der Waals surface area (Å²) in [6.07, 6.45) is 0. The molecule has 0 fully saturated rings. The van der Waals surface area contributed by atoms with Crippen molar-refractivity contribution in [2.24, 2.45) is 0 Å². The van der Waals surface area contributed by atoms with E-state index in [2.05, 4.69) is 408 Å². The molecule has 0 heterocycles. The van der Waals surface area contributed by atoms with Gasteiger partial charge >= 0.3 is 0 Å². The second-order valence-corrected chi connectivity index (χ2v) is 24.4. The first-order valence-electron chi connectivity index (χ1n) is 32.9. The van der Waals surface area contributed by atoms with E-state index in [1.54, 1.807) is 0 Å². The van der Waals surface area contributed by atoms with Crippen molar-refractivity contribution in [1.82, 2.24) is 0 Å². The molecule has 0 aliphatic rings. The van der Waals surface area contributed by atoms with Gasteiger partial charge in [-0.25, -0.2) is 0 Å². The fraction of sp³-hybridized carbons (Fsp3) is 0. The van der Waals surface area contributed by atoms with E-state index >= 15 is 0 Å². The summed E-state index contributed by atoms with van der Waals surface area (Å²) in [4.78, 5) is 9.44. The zero-order valence-electron chi connectivity index (χ0n) is 52.7. The van der Waals surface area contributed by atoms with Crippen molar-refractivity contribution in [2.45, 2.75) is 0 Å². The van der Waals surface area contributed by atoms with Gasteiger partial charge in [0, 0.05) is 68.2 Å². The summed E-state index contributed by atoms with van der Waals surface area (Å²) < 4.78 is 0. The fourth-order valence-corrected chi connectivity index (χ4v) is 14.3. The molecule has 4 nitrogen and oxygen atoms in total. The van der Waals surface area contributed by atoms with Gasteiger partial charge in [0.15, 0.2) is 0 Å². The Kier molecular flexibility index (Phi) is 14.9. The van der Waals surface area contributed by atoms with Crippen molar-refractivity contribution < 1.29 is 0 Å². The molecule has 0 aromatic heterocycles. The summed E-state index contributed by atoms with van der Waals surface area (Å²) in [5, 5.41) is 12.0. The van der Waals surface area contributed by atoms with Gasteiger partial charge in [0.25, 0.3) is 0 Å². The molecule has 0 aliphatic heterocycles. The third-order valence-electron chi connectivity index (χ3n) is 18.7.